The lowest BCUT2D eigenvalue weighted by Crippen LogP contribution is -2.41. The normalized spacial score (nSPS) is 20.1. The number of aliphatic imine (C=N–C) groups is 1. The number of aryl methyl sites for hydroxylation is 1. The van der Waals surface area contributed by atoms with E-state index in [4.69, 9.17) is 10.5 Å². The smallest absolute Gasteiger partial charge is 0.266 e. The number of rotatable bonds is 5. The van der Waals surface area contributed by atoms with Crippen molar-refractivity contribution in [1.29, 1.82) is 0 Å². The summed E-state index contributed by atoms with van der Waals surface area (Å²) in [6.45, 7) is 3.11. The molecule has 148 valence electrons. The van der Waals surface area contributed by atoms with Crippen molar-refractivity contribution in [3.63, 3.8) is 0 Å². The predicted octanol–water partition coefficient (Wildman–Crippen LogP) is 2.18. The van der Waals surface area contributed by atoms with Crippen LogP contribution in [-0.4, -0.2) is 49.3 Å². The van der Waals surface area contributed by atoms with Crippen LogP contribution in [-0.2, 0) is 10.3 Å². The van der Waals surface area contributed by atoms with E-state index in [0.717, 1.165) is 0 Å². The molecule has 0 saturated heterocycles. The van der Waals surface area contributed by atoms with E-state index in [1.54, 1.807) is 44.4 Å². The number of carbonyl (C=O) groups is 1. The molecule has 1 aromatic heterocycles. The number of amides is 1. The molecule has 0 bridgehead atoms. The average Bonchev–Trinajstić information content (AvgIpc) is 2.88. The molecule has 0 saturated carbocycles. The van der Waals surface area contributed by atoms with Crippen molar-refractivity contribution < 1.29 is 13.9 Å². The van der Waals surface area contributed by atoms with Gasteiger partial charge in [-0.05, 0) is 47.9 Å². The van der Waals surface area contributed by atoms with E-state index in [-0.39, 0.29) is 11.9 Å². The SMILES string of the molecule is Cc1cc(C2(c3ccnc(N(C)C)c3)N=C(N)N(C)C2=O)ccc1OC(C)F. The number of benzene rings is 1. The Morgan fingerprint density at radius 3 is 2.46 bits per heavy atom. The van der Waals surface area contributed by atoms with Crippen molar-refractivity contribution in [1.82, 2.24) is 9.88 Å². The summed E-state index contributed by atoms with van der Waals surface area (Å²) in [5.74, 6) is 0.959. The zero-order valence-electron chi connectivity index (χ0n) is 16.6. The van der Waals surface area contributed by atoms with Gasteiger partial charge in [0.25, 0.3) is 5.91 Å². The van der Waals surface area contributed by atoms with Gasteiger partial charge in [-0.25, -0.2) is 14.4 Å². The van der Waals surface area contributed by atoms with Gasteiger partial charge in [0, 0.05) is 34.3 Å². The Hall–Kier alpha value is -3.16. The van der Waals surface area contributed by atoms with Crippen LogP contribution < -0.4 is 15.4 Å². The van der Waals surface area contributed by atoms with Crippen LogP contribution in [0.25, 0.3) is 0 Å². The van der Waals surface area contributed by atoms with Crippen LogP contribution in [0.4, 0.5) is 10.2 Å². The van der Waals surface area contributed by atoms with Gasteiger partial charge in [0.2, 0.25) is 6.36 Å². The first-order valence-electron chi connectivity index (χ1n) is 8.86. The minimum Gasteiger partial charge on any atom is -0.460 e. The van der Waals surface area contributed by atoms with Crippen LogP contribution in [0.2, 0.25) is 0 Å². The third-order valence-corrected chi connectivity index (χ3v) is 4.74. The Labute approximate surface area is 163 Å². The molecule has 28 heavy (non-hydrogen) atoms. The standard InChI is InChI=1S/C20H24FN5O2/c1-12-10-14(6-7-16(12)28-13(2)21)20(18(27)26(5)19(22)24-20)15-8-9-23-17(11-15)25(3)4/h6-11,13H,1-5H3,(H2,22,24). The third-order valence-electron chi connectivity index (χ3n) is 4.74. The summed E-state index contributed by atoms with van der Waals surface area (Å²) in [7, 11) is 5.33. The van der Waals surface area contributed by atoms with Crippen LogP contribution >= 0.6 is 0 Å². The molecule has 2 aromatic rings. The molecule has 1 aromatic carbocycles. The average molecular weight is 385 g/mol. The minimum absolute atomic E-state index is 0.128. The van der Waals surface area contributed by atoms with Gasteiger partial charge in [0.05, 0.1) is 0 Å². The number of pyridine rings is 1. The van der Waals surface area contributed by atoms with Gasteiger partial charge in [0.1, 0.15) is 11.6 Å². The van der Waals surface area contributed by atoms with Crippen LogP contribution in [0.3, 0.4) is 0 Å². The topological polar surface area (TPSA) is 84.1 Å². The maximum atomic E-state index is 13.3. The summed E-state index contributed by atoms with van der Waals surface area (Å²) < 4.78 is 18.4. The fraction of sp³-hybridized carbons (Fsp3) is 0.350. The van der Waals surface area contributed by atoms with Gasteiger partial charge in [-0.15, -0.1) is 0 Å². The molecular weight excluding hydrogens is 361 g/mol. The maximum Gasteiger partial charge on any atom is 0.266 e. The number of anilines is 1. The molecule has 1 aliphatic heterocycles. The number of carbonyl (C=O) groups excluding carboxylic acids is 1. The number of ether oxygens (including phenoxy) is 1. The monoisotopic (exact) mass is 385 g/mol. The van der Waals surface area contributed by atoms with E-state index in [1.807, 2.05) is 25.1 Å². The zero-order valence-corrected chi connectivity index (χ0v) is 16.6. The number of hydrogen-bond acceptors (Lipinski definition) is 6. The molecule has 3 rings (SSSR count). The predicted molar refractivity (Wildman–Crippen MR) is 106 cm³/mol. The first-order valence-corrected chi connectivity index (χ1v) is 8.86. The second-order valence-corrected chi connectivity index (χ2v) is 6.98. The lowest BCUT2D eigenvalue weighted by Gasteiger charge is -2.27. The van der Waals surface area contributed by atoms with Gasteiger partial charge in [-0.3, -0.25) is 9.69 Å². The van der Waals surface area contributed by atoms with Crippen molar-refractivity contribution >= 4 is 17.7 Å². The fourth-order valence-corrected chi connectivity index (χ4v) is 3.25. The Bertz CT molecular complexity index is 944. The summed E-state index contributed by atoms with van der Waals surface area (Å²) in [4.78, 5) is 25.4. The highest BCUT2D eigenvalue weighted by atomic mass is 19.1. The third kappa shape index (κ3) is 3.15. The van der Waals surface area contributed by atoms with E-state index in [2.05, 4.69) is 9.98 Å². The number of alkyl halides is 1. The number of halogens is 1. The molecule has 2 N–H and O–H groups in total. The van der Waals surface area contributed by atoms with Crippen LogP contribution in [0.1, 0.15) is 23.6 Å². The number of aromatic nitrogens is 1. The lowest BCUT2D eigenvalue weighted by molar-refractivity contribution is -0.129. The number of guanidine groups is 1. The molecule has 0 aliphatic carbocycles. The summed E-state index contributed by atoms with van der Waals surface area (Å²) in [6.07, 6.45) is 0.202. The number of nitrogens with zero attached hydrogens (tertiary/aromatic N) is 4. The highest BCUT2D eigenvalue weighted by Crippen LogP contribution is 2.41. The van der Waals surface area contributed by atoms with Crippen LogP contribution in [0, 0.1) is 6.92 Å². The highest BCUT2D eigenvalue weighted by Gasteiger charge is 2.49. The first-order chi connectivity index (χ1) is 13.2. The second-order valence-electron chi connectivity index (χ2n) is 6.98. The molecule has 0 fully saturated rings. The maximum absolute atomic E-state index is 13.3. The Kier molecular flexibility index (Phi) is 4.97. The quantitative estimate of drug-likeness (QED) is 0.853. The first kappa shape index (κ1) is 19.6. The van der Waals surface area contributed by atoms with Crippen molar-refractivity contribution in [3.05, 3.63) is 53.2 Å². The molecule has 2 unspecified atom stereocenters. The van der Waals surface area contributed by atoms with Gasteiger partial charge < -0.3 is 15.4 Å². The molecule has 0 radical (unpaired) electrons. The van der Waals surface area contributed by atoms with Crippen molar-refractivity contribution in [3.8, 4) is 5.75 Å². The van der Waals surface area contributed by atoms with E-state index in [1.165, 1.54) is 11.8 Å². The Balaban J connectivity index is 2.21. The van der Waals surface area contributed by atoms with E-state index >= 15 is 0 Å². The molecule has 0 spiro atoms. The molecule has 2 atom stereocenters. The molecule has 8 heteroatoms. The van der Waals surface area contributed by atoms with Gasteiger partial charge >= 0.3 is 0 Å². The Morgan fingerprint density at radius 1 is 1.25 bits per heavy atom. The van der Waals surface area contributed by atoms with Crippen LogP contribution in [0.5, 0.6) is 5.75 Å². The van der Waals surface area contributed by atoms with Gasteiger partial charge in [-0.1, -0.05) is 6.07 Å². The number of likely N-dealkylation sites (N-methyl/N-ethyl adjacent to an activating group) is 1. The van der Waals surface area contributed by atoms with E-state index < -0.39 is 11.9 Å². The molecule has 1 amide bonds. The summed E-state index contributed by atoms with van der Waals surface area (Å²) >= 11 is 0. The van der Waals surface area contributed by atoms with Gasteiger partial charge in [0.15, 0.2) is 11.5 Å². The Morgan fingerprint density at radius 2 is 1.93 bits per heavy atom. The summed E-state index contributed by atoms with van der Waals surface area (Å²) in [6, 6.07) is 8.71. The van der Waals surface area contributed by atoms with Crippen molar-refractivity contribution in [2.75, 3.05) is 26.0 Å². The largest absolute Gasteiger partial charge is 0.460 e. The molecular formula is C20H24FN5O2. The summed E-state index contributed by atoms with van der Waals surface area (Å²) in [5, 5.41) is 0. The molecule has 1 aliphatic rings. The van der Waals surface area contributed by atoms with E-state index in [0.29, 0.717) is 28.3 Å². The second kappa shape index (κ2) is 7.10. The van der Waals surface area contributed by atoms with Gasteiger partial charge in [-0.2, -0.15) is 0 Å². The fourth-order valence-electron chi connectivity index (χ4n) is 3.25. The molecule has 7 nitrogen and oxygen atoms in total. The highest BCUT2D eigenvalue weighted by molar-refractivity contribution is 6.09. The van der Waals surface area contributed by atoms with E-state index in [9.17, 15) is 9.18 Å². The number of nitrogens with two attached hydrogens (primary N) is 1. The lowest BCUT2D eigenvalue weighted by atomic mass is 9.82. The summed E-state index contributed by atoms with van der Waals surface area (Å²) in [5.41, 5.74) is 6.63. The zero-order chi connectivity index (χ0) is 20.6. The van der Waals surface area contributed by atoms with Crippen molar-refractivity contribution in [2.24, 2.45) is 10.7 Å². The minimum atomic E-state index is -1.44. The molecule has 2 heterocycles. The van der Waals surface area contributed by atoms with Crippen molar-refractivity contribution in [2.45, 2.75) is 25.7 Å². The number of hydrogen-bond donors (Lipinski definition) is 1. The van der Waals surface area contributed by atoms with Crippen LogP contribution in [0.15, 0.2) is 41.5 Å².